The highest BCUT2D eigenvalue weighted by molar-refractivity contribution is 5.94. The number of nitrogens with zero attached hydrogens (tertiary/aromatic N) is 1. The van der Waals surface area contributed by atoms with Crippen molar-refractivity contribution in [2.75, 3.05) is 13.1 Å². The molecule has 2 aliphatic rings. The van der Waals surface area contributed by atoms with Crippen LogP contribution in [0.5, 0.6) is 5.75 Å². The first kappa shape index (κ1) is 16.2. The zero-order chi connectivity index (χ0) is 16.4. The highest BCUT2D eigenvalue weighted by Crippen LogP contribution is 2.45. The summed E-state index contributed by atoms with van der Waals surface area (Å²) in [5.41, 5.74) is 0.295. The molecule has 1 aromatic carbocycles. The van der Waals surface area contributed by atoms with Gasteiger partial charge in [-0.15, -0.1) is 0 Å². The Morgan fingerprint density at radius 1 is 1.26 bits per heavy atom. The van der Waals surface area contributed by atoms with Crippen molar-refractivity contribution >= 4 is 5.91 Å². The van der Waals surface area contributed by atoms with Crippen LogP contribution in [0.4, 0.5) is 8.78 Å². The van der Waals surface area contributed by atoms with Gasteiger partial charge in [0.1, 0.15) is 5.75 Å². The average Bonchev–Trinajstić information content (AvgIpc) is 2.87. The molecule has 0 aromatic heterocycles. The second-order valence-electron chi connectivity index (χ2n) is 6.50. The molecule has 1 aliphatic heterocycles. The first-order chi connectivity index (χ1) is 11.0. The Kier molecular flexibility index (Phi) is 4.53. The summed E-state index contributed by atoms with van der Waals surface area (Å²) < 4.78 is 28.6. The van der Waals surface area contributed by atoms with Crippen LogP contribution in [0.1, 0.15) is 42.5 Å². The van der Waals surface area contributed by atoms with Gasteiger partial charge in [0, 0.05) is 24.1 Å². The average molecular weight is 325 g/mol. The summed E-state index contributed by atoms with van der Waals surface area (Å²) in [6.45, 7) is -1.63. The van der Waals surface area contributed by atoms with Gasteiger partial charge in [-0.3, -0.25) is 4.79 Å². The Morgan fingerprint density at radius 3 is 2.57 bits per heavy atom. The monoisotopic (exact) mass is 325 g/mol. The first-order valence-corrected chi connectivity index (χ1v) is 8.02. The largest absolute Gasteiger partial charge is 0.435 e. The molecule has 1 saturated carbocycles. The number of benzene rings is 1. The lowest BCUT2D eigenvalue weighted by Crippen LogP contribution is -2.49. The van der Waals surface area contributed by atoms with E-state index < -0.39 is 6.61 Å². The molecule has 1 heterocycles. The van der Waals surface area contributed by atoms with Gasteiger partial charge in [0.25, 0.3) is 5.91 Å². The van der Waals surface area contributed by atoms with Crippen molar-refractivity contribution in [2.45, 2.75) is 44.8 Å². The zero-order valence-corrected chi connectivity index (χ0v) is 12.9. The highest BCUT2D eigenvalue weighted by Gasteiger charge is 2.45. The molecule has 2 atom stereocenters. The highest BCUT2D eigenvalue weighted by atomic mass is 19.3. The Labute approximate surface area is 134 Å². The van der Waals surface area contributed by atoms with E-state index in [1.807, 2.05) is 0 Å². The van der Waals surface area contributed by atoms with Crippen LogP contribution in [0.15, 0.2) is 24.3 Å². The molecule has 0 bridgehead atoms. The van der Waals surface area contributed by atoms with E-state index in [4.69, 9.17) is 0 Å². The molecular formula is C17H21F2NO3. The summed E-state index contributed by atoms with van der Waals surface area (Å²) in [6, 6.07) is 5.77. The topological polar surface area (TPSA) is 49.8 Å². The molecule has 0 unspecified atom stereocenters. The molecule has 4 nitrogen and oxygen atoms in total. The minimum absolute atomic E-state index is 0.0397. The lowest BCUT2D eigenvalue weighted by atomic mass is 9.76. The smallest absolute Gasteiger partial charge is 0.387 e. The van der Waals surface area contributed by atoms with Gasteiger partial charge in [-0.1, -0.05) is 6.42 Å². The van der Waals surface area contributed by atoms with Crippen LogP contribution in [0.2, 0.25) is 0 Å². The number of amides is 1. The maximum absolute atomic E-state index is 12.6. The van der Waals surface area contributed by atoms with Crippen molar-refractivity contribution in [2.24, 2.45) is 5.41 Å². The Hall–Kier alpha value is -1.69. The third-order valence-corrected chi connectivity index (χ3v) is 5.08. The van der Waals surface area contributed by atoms with E-state index in [1.54, 1.807) is 4.90 Å². The number of hydrogen-bond acceptors (Lipinski definition) is 3. The summed E-state index contributed by atoms with van der Waals surface area (Å²) >= 11 is 0. The van der Waals surface area contributed by atoms with Crippen molar-refractivity contribution in [1.29, 1.82) is 0 Å². The van der Waals surface area contributed by atoms with E-state index in [0.29, 0.717) is 18.7 Å². The second kappa shape index (κ2) is 6.43. The van der Waals surface area contributed by atoms with E-state index in [1.165, 1.54) is 24.3 Å². The number of aliphatic hydroxyl groups is 1. The fourth-order valence-corrected chi connectivity index (χ4v) is 3.89. The molecule has 1 saturated heterocycles. The Bertz CT molecular complexity index is 563. The number of alkyl halides is 2. The molecule has 1 spiro atoms. The number of hydrogen-bond donors (Lipinski definition) is 1. The number of carbonyl (C=O) groups is 1. The van der Waals surface area contributed by atoms with Gasteiger partial charge in [-0.05, 0) is 49.9 Å². The number of aliphatic hydroxyl groups excluding tert-OH is 1. The second-order valence-corrected chi connectivity index (χ2v) is 6.50. The van der Waals surface area contributed by atoms with Gasteiger partial charge in [0.2, 0.25) is 0 Å². The van der Waals surface area contributed by atoms with Crippen molar-refractivity contribution < 1.29 is 23.4 Å². The van der Waals surface area contributed by atoms with Gasteiger partial charge in [0.15, 0.2) is 0 Å². The lowest BCUT2D eigenvalue weighted by molar-refractivity contribution is -0.0498. The molecule has 1 aromatic rings. The number of piperidine rings is 1. The minimum atomic E-state index is -2.87. The van der Waals surface area contributed by atoms with Gasteiger partial charge in [-0.25, -0.2) is 0 Å². The van der Waals surface area contributed by atoms with Crippen molar-refractivity contribution in [3.05, 3.63) is 29.8 Å². The zero-order valence-electron chi connectivity index (χ0n) is 12.9. The SMILES string of the molecule is O=C(c1ccc(OC(F)F)cc1)N1CCC[C@@]2(CCC[C@H]2O)C1. The quantitative estimate of drug-likeness (QED) is 0.929. The van der Waals surface area contributed by atoms with E-state index >= 15 is 0 Å². The number of rotatable bonds is 3. The van der Waals surface area contributed by atoms with Crippen LogP contribution in [-0.4, -0.2) is 41.7 Å². The van der Waals surface area contributed by atoms with Gasteiger partial charge < -0.3 is 14.7 Å². The van der Waals surface area contributed by atoms with Crippen molar-refractivity contribution in [3.8, 4) is 5.75 Å². The molecule has 126 valence electrons. The number of likely N-dealkylation sites (tertiary alicyclic amines) is 1. The summed E-state index contributed by atoms with van der Waals surface area (Å²) in [5, 5.41) is 10.3. The van der Waals surface area contributed by atoms with E-state index in [0.717, 1.165) is 32.1 Å². The normalized spacial score (nSPS) is 27.7. The standard InChI is InChI=1S/C17H21F2NO3/c18-16(19)23-13-6-4-12(5-7-13)15(22)20-10-2-9-17(11-20)8-1-3-14(17)21/h4-7,14,16,21H,1-3,8-11H2/t14-,17+/m1/s1. The maximum Gasteiger partial charge on any atom is 0.387 e. The fraction of sp³-hybridized carbons (Fsp3) is 0.588. The van der Waals surface area contributed by atoms with Crippen molar-refractivity contribution in [1.82, 2.24) is 4.90 Å². The third kappa shape index (κ3) is 3.32. The van der Waals surface area contributed by atoms with E-state index in [-0.39, 0.29) is 23.2 Å². The molecule has 1 amide bonds. The van der Waals surface area contributed by atoms with Crippen LogP contribution in [0.3, 0.4) is 0 Å². The van der Waals surface area contributed by atoms with Gasteiger partial charge in [-0.2, -0.15) is 8.78 Å². The van der Waals surface area contributed by atoms with Crippen LogP contribution in [0.25, 0.3) is 0 Å². The number of halogens is 2. The molecular weight excluding hydrogens is 304 g/mol. The predicted octanol–water partition coefficient (Wildman–Crippen LogP) is 3.06. The summed E-state index contributed by atoms with van der Waals surface area (Å²) in [4.78, 5) is 14.4. The lowest BCUT2D eigenvalue weighted by Gasteiger charge is -2.42. The summed E-state index contributed by atoms with van der Waals surface area (Å²) in [5.74, 6) is -0.0790. The van der Waals surface area contributed by atoms with E-state index in [9.17, 15) is 18.7 Å². The first-order valence-electron chi connectivity index (χ1n) is 8.02. The Balaban J connectivity index is 1.70. The van der Waals surface area contributed by atoms with Gasteiger partial charge in [0.05, 0.1) is 6.10 Å². The van der Waals surface area contributed by atoms with Crippen molar-refractivity contribution in [3.63, 3.8) is 0 Å². The summed E-state index contributed by atoms with van der Waals surface area (Å²) in [7, 11) is 0. The molecule has 6 heteroatoms. The van der Waals surface area contributed by atoms with E-state index in [2.05, 4.69) is 4.74 Å². The molecule has 3 rings (SSSR count). The molecule has 1 N–H and O–H groups in total. The number of carbonyl (C=O) groups excluding carboxylic acids is 1. The van der Waals surface area contributed by atoms with Crippen LogP contribution >= 0.6 is 0 Å². The predicted molar refractivity (Wildman–Crippen MR) is 80.5 cm³/mol. The minimum Gasteiger partial charge on any atom is -0.435 e. The van der Waals surface area contributed by atoms with Crippen LogP contribution in [-0.2, 0) is 0 Å². The molecule has 1 aliphatic carbocycles. The van der Waals surface area contributed by atoms with Gasteiger partial charge >= 0.3 is 6.61 Å². The number of ether oxygens (including phenoxy) is 1. The Morgan fingerprint density at radius 2 is 1.96 bits per heavy atom. The third-order valence-electron chi connectivity index (χ3n) is 5.08. The maximum atomic E-state index is 12.6. The molecule has 2 fully saturated rings. The summed E-state index contributed by atoms with van der Waals surface area (Å²) in [6.07, 6.45) is 4.28. The van der Waals surface area contributed by atoms with Crippen LogP contribution in [0, 0.1) is 5.41 Å². The van der Waals surface area contributed by atoms with Crippen LogP contribution < -0.4 is 4.74 Å². The molecule has 23 heavy (non-hydrogen) atoms. The molecule has 0 radical (unpaired) electrons. The fourth-order valence-electron chi connectivity index (χ4n) is 3.89.